The number of methoxy groups -OCH3 is 1. The predicted octanol–water partition coefficient (Wildman–Crippen LogP) is 1.48. The van der Waals surface area contributed by atoms with Gasteiger partial charge < -0.3 is 14.5 Å². The number of ether oxygens (including phenoxy) is 1. The van der Waals surface area contributed by atoms with Crippen LogP contribution >= 0.6 is 0 Å². The van der Waals surface area contributed by atoms with Crippen molar-refractivity contribution in [3.05, 3.63) is 29.6 Å². The Morgan fingerprint density at radius 2 is 2.09 bits per heavy atom. The van der Waals surface area contributed by atoms with Gasteiger partial charge in [0.25, 0.3) is 5.91 Å². The van der Waals surface area contributed by atoms with Gasteiger partial charge in [0.2, 0.25) is 5.88 Å². The highest BCUT2D eigenvalue weighted by Gasteiger charge is 2.29. The number of likely N-dealkylation sites (N-methyl/N-ethyl adjacent to an activating group) is 1. The van der Waals surface area contributed by atoms with Gasteiger partial charge in [-0.05, 0) is 12.5 Å². The van der Waals surface area contributed by atoms with Crippen LogP contribution in [0.25, 0.3) is 0 Å². The van der Waals surface area contributed by atoms with Gasteiger partial charge in [0.1, 0.15) is 0 Å². The number of carbonyl (C=O) groups is 1. The summed E-state index contributed by atoms with van der Waals surface area (Å²) < 4.78 is 6.95. The smallest absolute Gasteiger partial charge is 0.261 e. The van der Waals surface area contributed by atoms with Gasteiger partial charge in [0, 0.05) is 33.3 Å². The predicted molar refractivity (Wildman–Crippen MR) is 88.3 cm³/mol. The maximum atomic E-state index is 13.0. The zero-order valence-corrected chi connectivity index (χ0v) is 13.9. The zero-order valence-electron chi connectivity index (χ0n) is 13.9. The van der Waals surface area contributed by atoms with Crippen molar-refractivity contribution in [2.75, 3.05) is 37.0 Å². The number of aryl methyl sites for hydroxylation is 1. The van der Waals surface area contributed by atoms with Crippen molar-refractivity contribution < 1.29 is 9.53 Å². The Balaban J connectivity index is 2.01. The lowest BCUT2D eigenvalue weighted by atomic mass is 10.1. The van der Waals surface area contributed by atoms with Crippen LogP contribution in [0, 0.1) is 0 Å². The second-order valence-electron chi connectivity index (χ2n) is 5.56. The monoisotopic (exact) mass is 315 g/mol. The molecule has 0 saturated heterocycles. The summed E-state index contributed by atoms with van der Waals surface area (Å²) in [5.74, 6) is 1.27. The summed E-state index contributed by atoms with van der Waals surface area (Å²) in [6, 6.07) is 3.67. The van der Waals surface area contributed by atoms with E-state index in [1.807, 2.05) is 32.0 Å². The zero-order chi connectivity index (χ0) is 16.6. The van der Waals surface area contributed by atoms with Crippen molar-refractivity contribution in [1.82, 2.24) is 14.8 Å². The van der Waals surface area contributed by atoms with E-state index < -0.39 is 0 Å². The van der Waals surface area contributed by atoms with E-state index in [4.69, 9.17) is 4.74 Å². The second-order valence-corrected chi connectivity index (χ2v) is 5.56. The molecule has 1 aliphatic rings. The second kappa shape index (κ2) is 5.91. The third-order valence-corrected chi connectivity index (χ3v) is 4.22. The number of rotatable bonds is 3. The largest absolute Gasteiger partial charge is 0.481 e. The number of carbonyl (C=O) groups excluding carboxylic acids is 1. The molecular weight excluding hydrogens is 294 g/mol. The average molecular weight is 315 g/mol. The van der Waals surface area contributed by atoms with E-state index >= 15 is 0 Å². The van der Waals surface area contributed by atoms with Gasteiger partial charge in [0.05, 0.1) is 30.3 Å². The van der Waals surface area contributed by atoms with Gasteiger partial charge in [-0.3, -0.25) is 9.48 Å². The lowest BCUT2D eigenvalue weighted by molar-refractivity contribution is 0.0985. The van der Waals surface area contributed by atoms with Crippen LogP contribution in [0.2, 0.25) is 0 Å². The van der Waals surface area contributed by atoms with E-state index in [0.717, 1.165) is 30.2 Å². The first-order chi connectivity index (χ1) is 11.1. The molecule has 0 saturated carbocycles. The Morgan fingerprint density at radius 3 is 2.78 bits per heavy atom. The minimum absolute atomic E-state index is 0.0312. The number of amides is 1. The van der Waals surface area contributed by atoms with Crippen molar-refractivity contribution in [3.8, 4) is 5.88 Å². The van der Waals surface area contributed by atoms with Gasteiger partial charge in [-0.2, -0.15) is 10.1 Å². The fourth-order valence-electron chi connectivity index (χ4n) is 2.92. The molecule has 1 aliphatic heterocycles. The van der Waals surface area contributed by atoms with Crippen LogP contribution in [0.3, 0.4) is 0 Å². The first kappa shape index (κ1) is 15.3. The van der Waals surface area contributed by atoms with Crippen LogP contribution in [0.15, 0.2) is 18.3 Å². The number of fused-ring (bicyclic) bond motifs is 1. The summed E-state index contributed by atoms with van der Waals surface area (Å²) in [5, 5.41) is 4.22. The molecule has 0 fully saturated rings. The maximum Gasteiger partial charge on any atom is 0.261 e. The SMILES string of the molecule is CCc1c(C(=O)N2CCN(C)c3nc(OC)ccc32)cnn1C. The molecule has 3 rings (SSSR count). The molecule has 0 atom stereocenters. The van der Waals surface area contributed by atoms with Gasteiger partial charge >= 0.3 is 0 Å². The Labute approximate surface area is 135 Å². The van der Waals surface area contributed by atoms with E-state index in [0.29, 0.717) is 18.0 Å². The maximum absolute atomic E-state index is 13.0. The number of aromatic nitrogens is 3. The molecule has 23 heavy (non-hydrogen) atoms. The van der Waals surface area contributed by atoms with Crippen LogP contribution in [0.4, 0.5) is 11.5 Å². The summed E-state index contributed by atoms with van der Waals surface area (Å²) in [4.78, 5) is 21.3. The Bertz CT molecular complexity index is 740. The number of hydrogen-bond acceptors (Lipinski definition) is 5. The Hall–Kier alpha value is -2.57. The standard InChI is InChI=1S/C16H21N5O2/c1-5-12-11(10-17-20(12)3)16(22)21-9-8-19(2)15-13(21)6-7-14(18-15)23-4/h6-7,10H,5,8-9H2,1-4H3. The quantitative estimate of drug-likeness (QED) is 0.858. The number of hydrogen-bond donors (Lipinski definition) is 0. The summed E-state index contributed by atoms with van der Waals surface area (Å²) in [6.45, 7) is 3.37. The average Bonchev–Trinajstić information content (AvgIpc) is 2.95. The minimum atomic E-state index is -0.0312. The van der Waals surface area contributed by atoms with Crippen molar-refractivity contribution in [3.63, 3.8) is 0 Å². The van der Waals surface area contributed by atoms with E-state index in [9.17, 15) is 4.79 Å². The van der Waals surface area contributed by atoms with E-state index in [2.05, 4.69) is 10.1 Å². The van der Waals surface area contributed by atoms with Crippen LogP contribution in [0.5, 0.6) is 5.88 Å². The molecular formula is C16H21N5O2. The molecule has 2 aromatic rings. The first-order valence-corrected chi connectivity index (χ1v) is 7.65. The van der Waals surface area contributed by atoms with Crippen molar-refractivity contribution in [1.29, 1.82) is 0 Å². The number of pyridine rings is 1. The van der Waals surface area contributed by atoms with Crippen molar-refractivity contribution in [2.24, 2.45) is 7.05 Å². The molecule has 0 unspecified atom stereocenters. The Kier molecular flexibility index (Phi) is 3.94. The Morgan fingerprint density at radius 1 is 1.30 bits per heavy atom. The van der Waals surface area contributed by atoms with Crippen LogP contribution in [-0.4, -0.2) is 47.9 Å². The highest BCUT2D eigenvalue weighted by molar-refractivity contribution is 6.08. The third-order valence-electron chi connectivity index (χ3n) is 4.22. The molecule has 7 nitrogen and oxygen atoms in total. The third kappa shape index (κ3) is 2.52. The summed E-state index contributed by atoms with van der Waals surface area (Å²) in [7, 11) is 5.41. The van der Waals surface area contributed by atoms with Crippen molar-refractivity contribution >= 4 is 17.4 Å². The normalized spacial score (nSPS) is 13.9. The van der Waals surface area contributed by atoms with Crippen LogP contribution in [-0.2, 0) is 13.5 Å². The van der Waals surface area contributed by atoms with Gasteiger partial charge in [-0.15, -0.1) is 0 Å². The molecule has 0 spiro atoms. The molecule has 7 heteroatoms. The lowest BCUT2D eigenvalue weighted by Crippen LogP contribution is -2.43. The minimum Gasteiger partial charge on any atom is -0.481 e. The van der Waals surface area contributed by atoms with Crippen LogP contribution in [0.1, 0.15) is 23.0 Å². The van der Waals surface area contributed by atoms with E-state index in [1.165, 1.54) is 0 Å². The number of nitrogens with zero attached hydrogens (tertiary/aromatic N) is 5. The number of anilines is 2. The lowest BCUT2D eigenvalue weighted by Gasteiger charge is -2.34. The molecule has 0 bridgehead atoms. The van der Waals surface area contributed by atoms with Gasteiger partial charge in [-0.1, -0.05) is 6.92 Å². The van der Waals surface area contributed by atoms with Crippen molar-refractivity contribution in [2.45, 2.75) is 13.3 Å². The molecule has 122 valence electrons. The summed E-state index contributed by atoms with van der Waals surface area (Å²) in [5.41, 5.74) is 2.40. The first-order valence-electron chi connectivity index (χ1n) is 7.65. The van der Waals surface area contributed by atoms with Crippen LogP contribution < -0.4 is 14.5 Å². The summed E-state index contributed by atoms with van der Waals surface area (Å²) in [6.07, 6.45) is 2.41. The fraction of sp³-hybridized carbons (Fsp3) is 0.438. The summed E-state index contributed by atoms with van der Waals surface area (Å²) >= 11 is 0. The topological polar surface area (TPSA) is 63.5 Å². The molecule has 1 amide bonds. The molecule has 0 N–H and O–H groups in total. The molecule has 0 aliphatic carbocycles. The fourth-order valence-corrected chi connectivity index (χ4v) is 2.92. The molecule has 3 heterocycles. The molecule has 0 aromatic carbocycles. The van der Waals surface area contributed by atoms with E-state index in [-0.39, 0.29) is 5.91 Å². The van der Waals surface area contributed by atoms with Gasteiger partial charge in [-0.25, -0.2) is 0 Å². The van der Waals surface area contributed by atoms with Gasteiger partial charge in [0.15, 0.2) is 5.82 Å². The van der Waals surface area contributed by atoms with E-state index in [1.54, 1.807) is 29.0 Å². The highest BCUT2D eigenvalue weighted by atomic mass is 16.5. The molecule has 0 radical (unpaired) electrons. The molecule has 2 aromatic heterocycles. The highest BCUT2D eigenvalue weighted by Crippen LogP contribution is 2.33.